The van der Waals surface area contributed by atoms with Crippen LogP contribution in [0.3, 0.4) is 0 Å². The Balaban J connectivity index is 1.67. The second-order valence-corrected chi connectivity index (χ2v) is 6.70. The number of rotatable bonds is 8. The van der Waals surface area contributed by atoms with Crippen molar-refractivity contribution in [3.05, 3.63) is 18.0 Å². The predicted molar refractivity (Wildman–Crippen MR) is 100 cm³/mol. The normalized spacial score (nSPS) is 19.5. The van der Waals surface area contributed by atoms with Crippen LogP contribution >= 0.6 is 0 Å². The Hall–Kier alpha value is -1.56. The lowest BCUT2D eigenvalue weighted by atomic mass is 10.0. The summed E-state index contributed by atoms with van der Waals surface area (Å²) in [7, 11) is 0. The van der Waals surface area contributed by atoms with Crippen molar-refractivity contribution in [1.29, 1.82) is 0 Å². The summed E-state index contributed by atoms with van der Waals surface area (Å²) in [6.07, 6.45) is 9.16. The standard InChI is InChI=1S/C18H34N6/c1-4-19-18(21-10-13-24-15-16(2)14-22-24)20-9-7-12-23-11-6-5-8-17(23)3/h14-15,17H,4-13H2,1-3H3,(H2,19,20,21). The first-order chi connectivity index (χ1) is 11.7. The Labute approximate surface area is 146 Å². The maximum absolute atomic E-state index is 4.70. The van der Waals surface area contributed by atoms with Crippen LogP contribution in [0.1, 0.15) is 45.1 Å². The van der Waals surface area contributed by atoms with E-state index >= 15 is 0 Å². The van der Waals surface area contributed by atoms with Crippen LogP contribution in [-0.4, -0.2) is 59.4 Å². The first-order valence-corrected chi connectivity index (χ1v) is 9.44. The van der Waals surface area contributed by atoms with Gasteiger partial charge in [-0.05, 0) is 52.1 Å². The first kappa shape index (κ1) is 18.8. The van der Waals surface area contributed by atoms with Gasteiger partial charge in [0.05, 0.1) is 12.7 Å². The molecule has 24 heavy (non-hydrogen) atoms. The molecule has 1 atom stereocenters. The van der Waals surface area contributed by atoms with Crippen LogP contribution in [0.2, 0.25) is 0 Å². The molecule has 1 fully saturated rings. The smallest absolute Gasteiger partial charge is 0.191 e. The second-order valence-electron chi connectivity index (χ2n) is 6.70. The first-order valence-electron chi connectivity index (χ1n) is 9.44. The minimum absolute atomic E-state index is 0.742. The van der Waals surface area contributed by atoms with Crippen LogP contribution in [0.4, 0.5) is 0 Å². The number of likely N-dealkylation sites (tertiary alicyclic amines) is 1. The van der Waals surface area contributed by atoms with Crippen molar-refractivity contribution in [3.63, 3.8) is 0 Å². The molecule has 0 bridgehead atoms. The van der Waals surface area contributed by atoms with E-state index in [0.717, 1.165) is 51.1 Å². The zero-order valence-electron chi connectivity index (χ0n) is 15.6. The van der Waals surface area contributed by atoms with E-state index in [2.05, 4.69) is 47.6 Å². The van der Waals surface area contributed by atoms with Gasteiger partial charge in [-0.25, -0.2) is 0 Å². The molecule has 1 saturated heterocycles. The molecule has 136 valence electrons. The zero-order valence-corrected chi connectivity index (χ0v) is 15.6. The molecule has 0 radical (unpaired) electrons. The minimum atomic E-state index is 0.742. The summed E-state index contributed by atoms with van der Waals surface area (Å²) in [5.74, 6) is 0.910. The van der Waals surface area contributed by atoms with Crippen molar-refractivity contribution < 1.29 is 0 Å². The average molecular weight is 335 g/mol. The number of guanidine groups is 1. The third kappa shape index (κ3) is 6.51. The van der Waals surface area contributed by atoms with E-state index < -0.39 is 0 Å². The van der Waals surface area contributed by atoms with Gasteiger partial charge >= 0.3 is 0 Å². The van der Waals surface area contributed by atoms with Gasteiger partial charge in [-0.15, -0.1) is 0 Å². The molecule has 1 aliphatic heterocycles. The minimum Gasteiger partial charge on any atom is -0.357 e. The second kappa shape index (κ2) is 10.3. The third-order valence-corrected chi connectivity index (χ3v) is 4.55. The lowest BCUT2D eigenvalue weighted by molar-refractivity contribution is 0.160. The van der Waals surface area contributed by atoms with Gasteiger partial charge in [-0.1, -0.05) is 6.42 Å². The molecular weight excluding hydrogens is 300 g/mol. The highest BCUT2D eigenvalue weighted by atomic mass is 15.3. The lowest BCUT2D eigenvalue weighted by Gasteiger charge is -2.33. The van der Waals surface area contributed by atoms with Crippen LogP contribution in [-0.2, 0) is 6.54 Å². The van der Waals surface area contributed by atoms with Crippen molar-refractivity contribution in [2.24, 2.45) is 4.99 Å². The molecule has 0 aromatic carbocycles. The van der Waals surface area contributed by atoms with Gasteiger partial charge < -0.3 is 15.5 Å². The average Bonchev–Trinajstić information content (AvgIpc) is 2.98. The van der Waals surface area contributed by atoms with Gasteiger partial charge in [0.25, 0.3) is 0 Å². The van der Waals surface area contributed by atoms with Gasteiger partial charge in [0.1, 0.15) is 0 Å². The molecule has 1 unspecified atom stereocenters. The highest BCUT2D eigenvalue weighted by molar-refractivity contribution is 5.79. The number of piperidine rings is 1. The molecule has 6 nitrogen and oxygen atoms in total. The molecule has 1 aromatic heterocycles. The summed E-state index contributed by atoms with van der Waals surface area (Å²) in [4.78, 5) is 7.31. The molecule has 0 saturated carbocycles. The third-order valence-electron chi connectivity index (χ3n) is 4.55. The highest BCUT2D eigenvalue weighted by Crippen LogP contribution is 2.16. The van der Waals surface area contributed by atoms with E-state index in [1.54, 1.807) is 0 Å². The number of nitrogens with zero attached hydrogens (tertiary/aromatic N) is 4. The molecule has 0 amide bonds. The van der Waals surface area contributed by atoms with Crippen molar-refractivity contribution in [1.82, 2.24) is 25.3 Å². The fraction of sp³-hybridized carbons (Fsp3) is 0.778. The SMILES string of the molecule is CCNC(=NCCCN1CCCCC1C)NCCn1cc(C)cn1. The van der Waals surface area contributed by atoms with Crippen molar-refractivity contribution in [2.45, 2.75) is 59.0 Å². The Bertz CT molecular complexity index is 495. The van der Waals surface area contributed by atoms with E-state index in [1.807, 2.05) is 10.9 Å². The number of nitrogens with one attached hydrogen (secondary N) is 2. The fourth-order valence-corrected chi connectivity index (χ4v) is 3.17. The van der Waals surface area contributed by atoms with Gasteiger partial charge in [-0.2, -0.15) is 5.10 Å². The monoisotopic (exact) mass is 334 g/mol. The summed E-state index contributed by atoms with van der Waals surface area (Å²) >= 11 is 0. The number of aliphatic imine (C=N–C) groups is 1. The Kier molecular flexibility index (Phi) is 8.08. The van der Waals surface area contributed by atoms with E-state index in [4.69, 9.17) is 4.99 Å². The summed E-state index contributed by atoms with van der Waals surface area (Å²) in [6.45, 7) is 12.4. The van der Waals surface area contributed by atoms with Crippen LogP contribution in [0.15, 0.2) is 17.4 Å². The molecular formula is C18H34N6. The molecule has 0 spiro atoms. The quantitative estimate of drug-likeness (QED) is 0.434. The van der Waals surface area contributed by atoms with Crippen molar-refractivity contribution in [2.75, 3.05) is 32.7 Å². The number of hydrogen-bond donors (Lipinski definition) is 2. The Morgan fingerprint density at radius 1 is 1.33 bits per heavy atom. The number of aryl methyl sites for hydroxylation is 1. The zero-order chi connectivity index (χ0) is 17.2. The fourth-order valence-electron chi connectivity index (χ4n) is 3.17. The lowest BCUT2D eigenvalue weighted by Crippen LogP contribution is -2.40. The Morgan fingerprint density at radius 3 is 2.92 bits per heavy atom. The highest BCUT2D eigenvalue weighted by Gasteiger charge is 2.16. The largest absolute Gasteiger partial charge is 0.357 e. The van der Waals surface area contributed by atoms with Gasteiger partial charge in [0, 0.05) is 38.4 Å². The summed E-state index contributed by atoms with van der Waals surface area (Å²) in [5, 5.41) is 11.0. The molecule has 2 heterocycles. The molecule has 6 heteroatoms. The van der Waals surface area contributed by atoms with Crippen LogP contribution in [0.5, 0.6) is 0 Å². The number of hydrogen-bond acceptors (Lipinski definition) is 3. The van der Waals surface area contributed by atoms with Crippen molar-refractivity contribution >= 4 is 5.96 Å². The number of aromatic nitrogens is 2. The van der Waals surface area contributed by atoms with Crippen molar-refractivity contribution in [3.8, 4) is 0 Å². The summed E-state index contributed by atoms with van der Waals surface area (Å²) in [5.41, 5.74) is 1.20. The predicted octanol–water partition coefficient (Wildman–Crippen LogP) is 2.01. The van der Waals surface area contributed by atoms with Gasteiger partial charge in [-0.3, -0.25) is 9.67 Å². The maximum atomic E-state index is 4.70. The molecule has 0 aliphatic carbocycles. The molecule has 1 aromatic rings. The maximum Gasteiger partial charge on any atom is 0.191 e. The van der Waals surface area contributed by atoms with E-state index in [9.17, 15) is 0 Å². The van der Waals surface area contributed by atoms with E-state index in [0.29, 0.717) is 0 Å². The van der Waals surface area contributed by atoms with Gasteiger partial charge in [0.2, 0.25) is 0 Å². The van der Waals surface area contributed by atoms with E-state index in [-0.39, 0.29) is 0 Å². The Morgan fingerprint density at radius 2 is 2.21 bits per heavy atom. The van der Waals surface area contributed by atoms with E-state index in [1.165, 1.54) is 31.4 Å². The topological polar surface area (TPSA) is 57.5 Å². The summed E-state index contributed by atoms with van der Waals surface area (Å²) < 4.78 is 1.96. The van der Waals surface area contributed by atoms with Crippen LogP contribution < -0.4 is 10.6 Å². The van der Waals surface area contributed by atoms with Gasteiger partial charge in [0.15, 0.2) is 5.96 Å². The van der Waals surface area contributed by atoms with Crippen LogP contribution in [0, 0.1) is 6.92 Å². The molecule has 2 N–H and O–H groups in total. The van der Waals surface area contributed by atoms with Crippen LogP contribution in [0.25, 0.3) is 0 Å². The molecule has 2 rings (SSSR count). The molecule has 1 aliphatic rings. The summed E-state index contributed by atoms with van der Waals surface area (Å²) in [6, 6.07) is 0.742.